The predicted octanol–water partition coefficient (Wildman–Crippen LogP) is 8.61. The first-order chi connectivity index (χ1) is 19.3. The Kier molecular flexibility index (Phi) is 26.0. The first-order valence-electron chi connectivity index (χ1n) is 16.5. The summed E-state index contributed by atoms with van der Waals surface area (Å²) in [6.45, 7) is 4.97. The number of carbonyl (C=O) groups is 3. The highest BCUT2D eigenvalue weighted by molar-refractivity contribution is 5.67. The van der Waals surface area contributed by atoms with Crippen LogP contribution in [0.25, 0.3) is 0 Å². The van der Waals surface area contributed by atoms with Crippen molar-refractivity contribution in [2.24, 2.45) is 0 Å². The van der Waals surface area contributed by atoms with E-state index in [1.807, 2.05) is 0 Å². The highest BCUT2D eigenvalue weighted by Gasteiger charge is 2.27. The van der Waals surface area contributed by atoms with Crippen LogP contribution in [0.5, 0.6) is 0 Å². The molecule has 0 bridgehead atoms. The van der Waals surface area contributed by atoms with Gasteiger partial charge in [-0.2, -0.15) is 0 Å². The van der Waals surface area contributed by atoms with Gasteiger partial charge in [-0.3, -0.25) is 14.4 Å². The molecule has 0 aromatic carbocycles. The van der Waals surface area contributed by atoms with Crippen LogP contribution in [-0.4, -0.2) is 63.9 Å². The lowest BCUT2D eigenvalue weighted by molar-refractivity contribution is -0.928. The summed E-state index contributed by atoms with van der Waals surface area (Å²) in [7, 11) is 0. The molecule has 0 aromatic heterocycles. The fourth-order valence-electron chi connectivity index (χ4n) is 5.59. The summed E-state index contributed by atoms with van der Waals surface area (Å²) >= 11 is 0. The first-order valence-corrected chi connectivity index (χ1v) is 16.5. The molecule has 3 N–H and O–H groups in total. The maximum absolute atomic E-state index is 11.1. The Hall–Kier alpha value is -1.89. The largest absolute Gasteiger partial charge is 0.481 e. The molecule has 0 aliphatic heterocycles. The van der Waals surface area contributed by atoms with Crippen molar-refractivity contribution in [3.05, 3.63) is 12.2 Å². The molecule has 0 fully saturated rings. The molecule has 0 aromatic rings. The Labute approximate surface area is 245 Å². The number of unbranched alkanes of at least 4 members (excludes halogenated alkanes) is 15. The molecule has 0 saturated heterocycles. The molecule has 0 rings (SSSR count). The summed E-state index contributed by atoms with van der Waals surface area (Å²) in [5, 5.41) is 27.2. The number of hydrogen-bond donors (Lipinski definition) is 3. The van der Waals surface area contributed by atoms with E-state index in [1.54, 1.807) is 0 Å². The van der Waals surface area contributed by atoms with Crippen LogP contribution in [0.4, 0.5) is 0 Å². The van der Waals surface area contributed by atoms with Crippen LogP contribution in [0.1, 0.15) is 155 Å². The Morgan fingerprint density at radius 1 is 0.450 bits per heavy atom. The van der Waals surface area contributed by atoms with Crippen LogP contribution in [0, 0.1) is 0 Å². The number of rotatable bonds is 31. The van der Waals surface area contributed by atoms with Crippen LogP contribution in [0.15, 0.2) is 12.2 Å². The molecule has 40 heavy (non-hydrogen) atoms. The summed E-state index contributed by atoms with van der Waals surface area (Å²) in [5.74, 6) is -2.51. The molecule has 7 heteroatoms. The first kappa shape index (κ1) is 38.1. The van der Waals surface area contributed by atoms with Crippen molar-refractivity contribution in [1.29, 1.82) is 0 Å². The van der Waals surface area contributed by atoms with Crippen molar-refractivity contribution in [1.82, 2.24) is 0 Å². The zero-order chi connectivity index (χ0) is 29.7. The van der Waals surface area contributed by atoms with Gasteiger partial charge in [-0.25, -0.2) is 0 Å². The smallest absolute Gasteiger partial charge is 0.303 e. The minimum atomic E-state index is -0.836. The molecule has 0 amide bonds. The molecule has 0 heterocycles. The molecule has 0 aliphatic rings. The lowest BCUT2D eigenvalue weighted by Gasteiger charge is -2.39. The fraction of sp³-hybridized carbons (Fsp3) is 0.848. The summed E-state index contributed by atoms with van der Waals surface area (Å²) in [6.07, 6.45) is 28.5. The number of nitrogens with zero attached hydrogens (tertiary/aromatic N) is 1. The summed E-state index contributed by atoms with van der Waals surface area (Å²) in [5.41, 5.74) is 0. The molecular formula is C33H62NO6+. The molecule has 0 atom stereocenters. The van der Waals surface area contributed by atoms with Gasteiger partial charge < -0.3 is 19.8 Å². The van der Waals surface area contributed by atoms with Crippen molar-refractivity contribution in [3.8, 4) is 0 Å². The lowest BCUT2D eigenvalue weighted by Crippen LogP contribution is -2.51. The molecule has 0 radical (unpaired) electrons. The standard InChI is InChI=1S/C33H61NO6/c1-2-3-4-5-6-7-8-9-10-11-12-13-14-15-16-17-18-19-20-27-34(28-21-24-31(35)36,29-22-25-32(37)38)30-23-26-33(39)40/h18-19H,2-17,20-30H2,1H3,(H2-,35,36,37,38,39,40)/p+1/b19-18+. The van der Waals surface area contributed by atoms with Crippen LogP contribution in [-0.2, 0) is 14.4 Å². The van der Waals surface area contributed by atoms with Crippen molar-refractivity contribution in [2.75, 3.05) is 26.2 Å². The topological polar surface area (TPSA) is 112 Å². The molecular weight excluding hydrogens is 506 g/mol. The van der Waals surface area contributed by atoms with Crippen LogP contribution in [0.2, 0.25) is 0 Å². The quantitative estimate of drug-likeness (QED) is 0.0438. The zero-order valence-electron chi connectivity index (χ0n) is 25.8. The van der Waals surface area contributed by atoms with Gasteiger partial charge in [-0.05, 0) is 12.8 Å². The molecule has 0 unspecified atom stereocenters. The van der Waals surface area contributed by atoms with E-state index in [0.29, 0.717) is 43.4 Å². The van der Waals surface area contributed by atoms with Gasteiger partial charge in [0, 0.05) is 25.7 Å². The second kappa shape index (κ2) is 27.3. The van der Waals surface area contributed by atoms with Gasteiger partial charge >= 0.3 is 17.9 Å². The van der Waals surface area contributed by atoms with Crippen molar-refractivity contribution in [3.63, 3.8) is 0 Å². The monoisotopic (exact) mass is 568 g/mol. The molecule has 7 nitrogen and oxygen atoms in total. The van der Waals surface area contributed by atoms with Gasteiger partial charge in [0.05, 0.1) is 45.4 Å². The Morgan fingerprint density at radius 2 is 0.775 bits per heavy atom. The van der Waals surface area contributed by atoms with E-state index in [-0.39, 0.29) is 19.3 Å². The van der Waals surface area contributed by atoms with E-state index in [2.05, 4.69) is 19.1 Å². The number of quaternary nitrogens is 1. The normalized spacial score (nSPS) is 11.8. The highest BCUT2D eigenvalue weighted by Crippen LogP contribution is 2.17. The fourth-order valence-corrected chi connectivity index (χ4v) is 5.59. The average Bonchev–Trinajstić information content (AvgIpc) is 2.89. The summed E-state index contributed by atoms with van der Waals surface area (Å²) in [6, 6.07) is 0. The molecule has 0 aliphatic carbocycles. The third-order valence-corrected chi connectivity index (χ3v) is 7.98. The number of allylic oxidation sites excluding steroid dienone is 1. The number of carboxylic acid groups (broad SMARTS) is 3. The van der Waals surface area contributed by atoms with Gasteiger partial charge in [0.15, 0.2) is 0 Å². The number of carboxylic acids is 3. The van der Waals surface area contributed by atoms with E-state index >= 15 is 0 Å². The van der Waals surface area contributed by atoms with E-state index in [0.717, 1.165) is 19.4 Å². The highest BCUT2D eigenvalue weighted by atomic mass is 16.4. The summed E-state index contributed by atoms with van der Waals surface area (Å²) < 4.78 is 0.594. The van der Waals surface area contributed by atoms with Gasteiger partial charge in [0.25, 0.3) is 0 Å². The van der Waals surface area contributed by atoms with Gasteiger partial charge in [-0.15, -0.1) is 0 Å². The number of aliphatic carboxylic acids is 3. The van der Waals surface area contributed by atoms with E-state index in [4.69, 9.17) is 15.3 Å². The Bertz CT molecular complexity index is 613. The maximum atomic E-state index is 11.1. The lowest BCUT2D eigenvalue weighted by atomic mass is 10.0. The van der Waals surface area contributed by atoms with Gasteiger partial charge in [0.2, 0.25) is 0 Å². The van der Waals surface area contributed by atoms with Crippen molar-refractivity contribution < 1.29 is 34.2 Å². The second-order valence-corrected chi connectivity index (χ2v) is 11.7. The minimum absolute atomic E-state index is 0.0763. The molecule has 234 valence electrons. The average molecular weight is 569 g/mol. The van der Waals surface area contributed by atoms with Crippen LogP contribution >= 0.6 is 0 Å². The van der Waals surface area contributed by atoms with E-state index in [9.17, 15) is 14.4 Å². The zero-order valence-corrected chi connectivity index (χ0v) is 25.8. The van der Waals surface area contributed by atoms with E-state index < -0.39 is 17.9 Å². The minimum Gasteiger partial charge on any atom is -0.481 e. The third kappa shape index (κ3) is 26.3. The van der Waals surface area contributed by atoms with Crippen LogP contribution < -0.4 is 0 Å². The number of hydrogen-bond acceptors (Lipinski definition) is 3. The molecule has 0 saturated carbocycles. The Morgan fingerprint density at radius 3 is 1.12 bits per heavy atom. The third-order valence-electron chi connectivity index (χ3n) is 7.98. The molecule has 0 spiro atoms. The Balaban J connectivity index is 4.19. The maximum Gasteiger partial charge on any atom is 0.303 e. The van der Waals surface area contributed by atoms with Crippen LogP contribution in [0.3, 0.4) is 0 Å². The SMILES string of the molecule is CCCCCCCCCCCCCCCCC/C=C/CC[N+](CCCC(=O)O)(CCCC(=O)O)CCCC(=O)O. The summed E-state index contributed by atoms with van der Waals surface area (Å²) in [4.78, 5) is 33.2. The van der Waals surface area contributed by atoms with Gasteiger partial charge in [0.1, 0.15) is 0 Å². The second-order valence-electron chi connectivity index (χ2n) is 11.7. The van der Waals surface area contributed by atoms with Crippen molar-refractivity contribution >= 4 is 17.9 Å². The predicted molar refractivity (Wildman–Crippen MR) is 164 cm³/mol. The van der Waals surface area contributed by atoms with Crippen molar-refractivity contribution in [2.45, 2.75) is 155 Å². The van der Waals surface area contributed by atoms with E-state index in [1.165, 1.54) is 96.3 Å². The van der Waals surface area contributed by atoms with Gasteiger partial charge in [-0.1, -0.05) is 109 Å².